The van der Waals surface area contributed by atoms with Gasteiger partial charge in [0, 0.05) is 13.1 Å². The SMILES string of the molecule is CNC(=O)[C@@H](C)NC(C)C1CCN(C)CC1. The molecule has 16 heavy (non-hydrogen) atoms. The topological polar surface area (TPSA) is 44.4 Å². The van der Waals surface area contributed by atoms with E-state index in [-0.39, 0.29) is 11.9 Å². The van der Waals surface area contributed by atoms with Crippen molar-refractivity contribution in [2.75, 3.05) is 27.2 Å². The monoisotopic (exact) mass is 227 g/mol. The Balaban J connectivity index is 2.34. The number of likely N-dealkylation sites (N-methyl/N-ethyl adjacent to an activating group) is 1. The third-order valence-electron chi connectivity index (χ3n) is 3.62. The standard InChI is InChI=1S/C12H25N3O/c1-9(14-10(2)12(16)13-3)11-5-7-15(4)8-6-11/h9-11,14H,5-8H2,1-4H3,(H,13,16)/t9?,10-/m1/s1. The van der Waals surface area contributed by atoms with E-state index in [2.05, 4.69) is 29.5 Å². The molecule has 4 nitrogen and oxygen atoms in total. The Morgan fingerprint density at radius 3 is 2.38 bits per heavy atom. The molecule has 0 bridgehead atoms. The van der Waals surface area contributed by atoms with Crippen molar-refractivity contribution in [2.24, 2.45) is 5.92 Å². The largest absolute Gasteiger partial charge is 0.358 e. The van der Waals surface area contributed by atoms with Crippen molar-refractivity contribution < 1.29 is 4.79 Å². The lowest BCUT2D eigenvalue weighted by Gasteiger charge is -2.34. The van der Waals surface area contributed by atoms with Gasteiger partial charge in [-0.05, 0) is 52.7 Å². The minimum absolute atomic E-state index is 0.0692. The summed E-state index contributed by atoms with van der Waals surface area (Å²) in [5, 5.41) is 6.05. The highest BCUT2D eigenvalue weighted by Crippen LogP contribution is 2.19. The normalized spacial score (nSPS) is 22.8. The number of amides is 1. The van der Waals surface area contributed by atoms with Gasteiger partial charge in [0.05, 0.1) is 6.04 Å². The fourth-order valence-electron chi connectivity index (χ4n) is 2.35. The number of piperidine rings is 1. The van der Waals surface area contributed by atoms with Crippen LogP contribution in [0.3, 0.4) is 0 Å². The van der Waals surface area contributed by atoms with Gasteiger partial charge in [0.25, 0.3) is 0 Å². The molecule has 0 radical (unpaired) electrons. The highest BCUT2D eigenvalue weighted by molar-refractivity contribution is 5.80. The van der Waals surface area contributed by atoms with E-state index >= 15 is 0 Å². The number of likely N-dealkylation sites (tertiary alicyclic amines) is 1. The van der Waals surface area contributed by atoms with Crippen molar-refractivity contribution in [3.8, 4) is 0 Å². The number of carbonyl (C=O) groups excluding carboxylic acids is 1. The van der Waals surface area contributed by atoms with Gasteiger partial charge >= 0.3 is 0 Å². The zero-order chi connectivity index (χ0) is 12.1. The van der Waals surface area contributed by atoms with E-state index in [4.69, 9.17) is 0 Å². The first-order valence-electron chi connectivity index (χ1n) is 6.20. The van der Waals surface area contributed by atoms with Gasteiger partial charge < -0.3 is 15.5 Å². The fraction of sp³-hybridized carbons (Fsp3) is 0.917. The summed E-state index contributed by atoms with van der Waals surface area (Å²) >= 11 is 0. The number of nitrogens with one attached hydrogen (secondary N) is 2. The lowest BCUT2D eigenvalue weighted by atomic mass is 9.90. The number of nitrogens with zero attached hydrogens (tertiary/aromatic N) is 1. The molecular formula is C12H25N3O. The second kappa shape index (κ2) is 6.21. The molecule has 1 unspecified atom stereocenters. The molecule has 0 aliphatic carbocycles. The molecule has 1 aliphatic heterocycles. The molecule has 94 valence electrons. The lowest BCUT2D eigenvalue weighted by Crippen LogP contribution is -2.49. The number of hydrogen-bond donors (Lipinski definition) is 2. The van der Waals surface area contributed by atoms with Gasteiger partial charge in [-0.15, -0.1) is 0 Å². The van der Waals surface area contributed by atoms with E-state index in [1.54, 1.807) is 7.05 Å². The third kappa shape index (κ3) is 3.76. The third-order valence-corrected chi connectivity index (χ3v) is 3.62. The molecule has 0 spiro atoms. The van der Waals surface area contributed by atoms with Crippen LogP contribution in [0.1, 0.15) is 26.7 Å². The molecule has 1 aliphatic rings. The van der Waals surface area contributed by atoms with E-state index in [1.165, 1.54) is 25.9 Å². The Morgan fingerprint density at radius 2 is 1.88 bits per heavy atom. The Labute approximate surface area is 98.8 Å². The maximum absolute atomic E-state index is 11.4. The molecule has 1 heterocycles. The Bertz CT molecular complexity index is 224. The molecule has 1 amide bonds. The lowest BCUT2D eigenvalue weighted by molar-refractivity contribution is -0.122. The molecule has 1 fully saturated rings. The van der Waals surface area contributed by atoms with Crippen LogP contribution in [0.2, 0.25) is 0 Å². The van der Waals surface area contributed by atoms with Gasteiger partial charge in [0.15, 0.2) is 0 Å². The predicted molar refractivity (Wildman–Crippen MR) is 66.3 cm³/mol. The summed E-state index contributed by atoms with van der Waals surface area (Å²) in [5.41, 5.74) is 0. The van der Waals surface area contributed by atoms with Crippen LogP contribution in [0.5, 0.6) is 0 Å². The van der Waals surface area contributed by atoms with Gasteiger partial charge in [-0.3, -0.25) is 4.79 Å². The van der Waals surface area contributed by atoms with Gasteiger partial charge in [-0.1, -0.05) is 0 Å². The van der Waals surface area contributed by atoms with Gasteiger partial charge in [0.1, 0.15) is 0 Å². The molecule has 0 aromatic heterocycles. The molecule has 0 aromatic rings. The summed E-state index contributed by atoms with van der Waals surface area (Å²) in [5.74, 6) is 0.767. The molecule has 2 atom stereocenters. The van der Waals surface area contributed by atoms with Crippen LogP contribution in [-0.4, -0.2) is 50.1 Å². The van der Waals surface area contributed by atoms with Crippen molar-refractivity contribution in [1.82, 2.24) is 15.5 Å². The first kappa shape index (κ1) is 13.5. The minimum atomic E-state index is -0.0975. The van der Waals surface area contributed by atoms with E-state index in [0.717, 1.165) is 0 Å². The highest BCUT2D eigenvalue weighted by atomic mass is 16.2. The Kier molecular flexibility index (Phi) is 5.22. The van der Waals surface area contributed by atoms with Crippen molar-refractivity contribution in [3.05, 3.63) is 0 Å². The highest BCUT2D eigenvalue weighted by Gasteiger charge is 2.24. The minimum Gasteiger partial charge on any atom is -0.358 e. The number of hydrogen-bond acceptors (Lipinski definition) is 3. The fourth-order valence-corrected chi connectivity index (χ4v) is 2.35. The van der Waals surface area contributed by atoms with Crippen LogP contribution in [-0.2, 0) is 4.79 Å². The number of rotatable bonds is 4. The molecule has 4 heteroatoms. The van der Waals surface area contributed by atoms with Crippen LogP contribution in [0.4, 0.5) is 0 Å². The molecule has 1 rings (SSSR count). The maximum atomic E-state index is 11.4. The van der Waals surface area contributed by atoms with E-state index in [9.17, 15) is 4.79 Å². The zero-order valence-corrected chi connectivity index (χ0v) is 10.9. The van der Waals surface area contributed by atoms with Gasteiger partial charge in [0.2, 0.25) is 5.91 Å². The van der Waals surface area contributed by atoms with Crippen LogP contribution in [0.15, 0.2) is 0 Å². The summed E-state index contributed by atoms with van der Waals surface area (Å²) in [6.45, 7) is 6.45. The summed E-state index contributed by atoms with van der Waals surface area (Å²) in [6.07, 6.45) is 2.45. The van der Waals surface area contributed by atoms with Crippen LogP contribution in [0, 0.1) is 5.92 Å². The van der Waals surface area contributed by atoms with Crippen molar-refractivity contribution in [3.63, 3.8) is 0 Å². The van der Waals surface area contributed by atoms with Crippen molar-refractivity contribution >= 4 is 5.91 Å². The molecule has 2 N–H and O–H groups in total. The first-order chi connectivity index (χ1) is 7.54. The first-order valence-corrected chi connectivity index (χ1v) is 6.20. The van der Waals surface area contributed by atoms with E-state index in [0.29, 0.717) is 12.0 Å². The van der Waals surface area contributed by atoms with E-state index in [1.807, 2.05) is 6.92 Å². The Morgan fingerprint density at radius 1 is 1.31 bits per heavy atom. The Hall–Kier alpha value is -0.610. The van der Waals surface area contributed by atoms with Crippen LogP contribution >= 0.6 is 0 Å². The predicted octanol–water partition coefficient (Wildman–Crippen LogP) is 0.441. The quantitative estimate of drug-likeness (QED) is 0.732. The van der Waals surface area contributed by atoms with Gasteiger partial charge in [-0.2, -0.15) is 0 Å². The molecule has 0 aromatic carbocycles. The number of carbonyl (C=O) groups is 1. The zero-order valence-electron chi connectivity index (χ0n) is 10.9. The van der Waals surface area contributed by atoms with Crippen LogP contribution in [0.25, 0.3) is 0 Å². The van der Waals surface area contributed by atoms with E-state index < -0.39 is 0 Å². The molecule has 1 saturated heterocycles. The van der Waals surface area contributed by atoms with Crippen molar-refractivity contribution in [2.45, 2.75) is 38.8 Å². The second-order valence-electron chi connectivity index (χ2n) is 4.93. The molecule has 0 saturated carbocycles. The van der Waals surface area contributed by atoms with Crippen molar-refractivity contribution in [1.29, 1.82) is 0 Å². The van der Waals surface area contributed by atoms with Crippen LogP contribution < -0.4 is 10.6 Å². The average molecular weight is 227 g/mol. The summed E-state index contributed by atoms with van der Waals surface area (Å²) < 4.78 is 0. The smallest absolute Gasteiger partial charge is 0.236 e. The second-order valence-corrected chi connectivity index (χ2v) is 4.93. The summed E-state index contributed by atoms with van der Waals surface area (Å²) in [6, 6.07) is 0.320. The maximum Gasteiger partial charge on any atom is 0.236 e. The average Bonchev–Trinajstić information content (AvgIpc) is 2.28. The molecular weight excluding hydrogens is 202 g/mol. The summed E-state index contributed by atoms with van der Waals surface area (Å²) in [7, 11) is 3.85. The van der Waals surface area contributed by atoms with Gasteiger partial charge in [-0.25, -0.2) is 0 Å². The summed E-state index contributed by atoms with van der Waals surface area (Å²) in [4.78, 5) is 13.8.